The lowest BCUT2D eigenvalue weighted by Gasteiger charge is -2.28. The van der Waals surface area contributed by atoms with Gasteiger partial charge in [-0.05, 0) is 112 Å². The monoisotopic (exact) mass is 500 g/mol. The average Bonchev–Trinajstić information content (AvgIpc) is 3.33. The summed E-state index contributed by atoms with van der Waals surface area (Å²) in [6, 6.07) is 20.8. The standard InChI is InChI=1S/C29H29ClN4S/c1-17-10-12-23(14-19(17)3)34-28(27(32-29(34)35)25-8-6-7-13-31-25)24-15-20(4)33(21(24)5)26-16-22(30)11-9-18(26)2/h6-16,27-28H,1-5H3,(H,32,35)/t27-,28-/m0/s1. The smallest absolute Gasteiger partial charge is 0.174 e. The van der Waals surface area contributed by atoms with Crippen molar-refractivity contribution in [1.82, 2.24) is 14.9 Å². The first kappa shape index (κ1) is 23.6. The minimum absolute atomic E-state index is 0.0565. The number of aryl methyl sites for hydroxylation is 4. The van der Waals surface area contributed by atoms with Crippen LogP contribution in [0.15, 0.2) is 66.9 Å². The molecule has 4 aromatic rings. The van der Waals surface area contributed by atoms with Gasteiger partial charge in [0.15, 0.2) is 5.11 Å². The molecule has 0 aliphatic carbocycles. The van der Waals surface area contributed by atoms with E-state index >= 15 is 0 Å². The van der Waals surface area contributed by atoms with Crippen LogP contribution in [0.2, 0.25) is 5.02 Å². The number of hydrogen-bond donors (Lipinski definition) is 1. The van der Waals surface area contributed by atoms with E-state index in [0.717, 1.165) is 27.8 Å². The summed E-state index contributed by atoms with van der Waals surface area (Å²) in [5, 5.41) is 5.02. The van der Waals surface area contributed by atoms with Gasteiger partial charge in [0.2, 0.25) is 0 Å². The van der Waals surface area contributed by atoms with Crippen molar-refractivity contribution in [1.29, 1.82) is 0 Å². The first-order chi connectivity index (χ1) is 16.8. The van der Waals surface area contributed by atoms with Crippen LogP contribution in [0.5, 0.6) is 0 Å². The van der Waals surface area contributed by atoms with Crippen LogP contribution < -0.4 is 10.2 Å². The molecule has 1 fully saturated rings. The van der Waals surface area contributed by atoms with Gasteiger partial charge in [-0.1, -0.05) is 29.8 Å². The van der Waals surface area contributed by atoms with Crippen molar-refractivity contribution in [3.8, 4) is 5.69 Å². The van der Waals surface area contributed by atoms with Crippen molar-refractivity contribution < 1.29 is 0 Å². The fourth-order valence-corrected chi connectivity index (χ4v) is 5.62. The maximum Gasteiger partial charge on any atom is 0.174 e. The van der Waals surface area contributed by atoms with Gasteiger partial charge in [-0.25, -0.2) is 0 Å². The highest BCUT2D eigenvalue weighted by atomic mass is 35.5. The SMILES string of the molecule is Cc1ccc(N2C(=S)N[C@@H](c3ccccn3)[C@@H]2c2cc(C)n(-c3cc(Cl)ccc3C)c2C)cc1C. The third-order valence-electron chi connectivity index (χ3n) is 7.07. The van der Waals surface area contributed by atoms with E-state index in [9.17, 15) is 0 Å². The molecule has 0 spiro atoms. The minimum Gasteiger partial charge on any atom is -0.351 e. The number of thiocarbonyl (C=S) groups is 1. The number of halogens is 1. The van der Waals surface area contributed by atoms with Crippen LogP contribution >= 0.6 is 23.8 Å². The van der Waals surface area contributed by atoms with Crippen molar-refractivity contribution in [3.63, 3.8) is 0 Å². The van der Waals surface area contributed by atoms with Crippen molar-refractivity contribution in [2.24, 2.45) is 0 Å². The van der Waals surface area contributed by atoms with Gasteiger partial charge >= 0.3 is 0 Å². The van der Waals surface area contributed by atoms with E-state index in [4.69, 9.17) is 28.8 Å². The second-order valence-electron chi connectivity index (χ2n) is 9.36. The van der Waals surface area contributed by atoms with Crippen LogP contribution in [-0.4, -0.2) is 14.7 Å². The molecule has 0 saturated carbocycles. The maximum atomic E-state index is 6.40. The highest BCUT2D eigenvalue weighted by Gasteiger charge is 2.42. The Hall–Kier alpha value is -3.15. The number of anilines is 1. The Kier molecular flexibility index (Phi) is 6.16. The predicted molar refractivity (Wildman–Crippen MR) is 149 cm³/mol. The van der Waals surface area contributed by atoms with E-state index in [2.05, 4.69) is 85.8 Å². The van der Waals surface area contributed by atoms with Crippen LogP contribution in [0.25, 0.3) is 5.69 Å². The van der Waals surface area contributed by atoms with Gasteiger partial charge in [0.25, 0.3) is 0 Å². The molecule has 178 valence electrons. The molecule has 0 bridgehead atoms. The zero-order valence-electron chi connectivity index (χ0n) is 20.6. The fourth-order valence-electron chi connectivity index (χ4n) is 5.11. The quantitative estimate of drug-likeness (QED) is 0.299. The van der Waals surface area contributed by atoms with Gasteiger partial charge in [-0.2, -0.15) is 0 Å². The van der Waals surface area contributed by atoms with Gasteiger partial charge in [-0.15, -0.1) is 0 Å². The second kappa shape index (κ2) is 9.14. The average molecular weight is 501 g/mol. The van der Waals surface area contributed by atoms with Crippen molar-refractivity contribution in [3.05, 3.63) is 111 Å². The van der Waals surface area contributed by atoms with E-state index < -0.39 is 0 Å². The zero-order chi connectivity index (χ0) is 24.9. The minimum atomic E-state index is -0.0836. The molecule has 4 nitrogen and oxygen atoms in total. The van der Waals surface area contributed by atoms with E-state index in [-0.39, 0.29) is 12.1 Å². The van der Waals surface area contributed by atoms with E-state index in [1.165, 1.54) is 27.9 Å². The highest BCUT2D eigenvalue weighted by Crippen LogP contribution is 2.44. The number of hydrogen-bond acceptors (Lipinski definition) is 2. The summed E-state index contributed by atoms with van der Waals surface area (Å²) < 4.78 is 2.30. The molecule has 3 heterocycles. The van der Waals surface area contributed by atoms with E-state index in [0.29, 0.717) is 5.11 Å². The van der Waals surface area contributed by atoms with Crippen LogP contribution in [0.3, 0.4) is 0 Å². The molecule has 0 radical (unpaired) electrons. The Labute approximate surface area is 217 Å². The normalized spacial score (nSPS) is 17.7. The molecule has 0 amide bonds. The Bertz CT molecular complexity index is 1430. The molecule has 6 heteroatoms. The first-order valence-electron chi connectivity index (χ1n) is 11.8. The predicted octanol–water partition coefficient (Wildman–Crippen LogP) is 7.24. The molecule has 2 atom stereocenters. The third kappa shape index (κ3) is 4.13. The highest BCUT2D eigenvalue weighted by molar-refractivity contribution is 7.80. The van der Waals surface area contributed by atoms with Gasteiger partial charge in [0, 0.05) is 34.0 Å². The molecule has 5 rings (SSSR count). The lowest BCUT2D eigenvalue weighted by molar-refractivity contribution is 0.565. The van der Waals surface area contributed by atoms with E-state index in [1.807, 2.05) is 30.5 Å². The third-order valence-corrected chi connectivity index (χ3v) is 7.62. The fraction of sp³-hybridized carbons (Fsp3) is 0.241. The molecule has 1 aliphatic rings. The van der Waals surface area contributed by atoms with Crippen molar-refractivity contribution >= 4 is 34.6 Å². The molecule has 0 unspecified atom stereocenters. The Morgan fingerprint density at radius 1 is 0.886 bits per heavy atom. The van der Waals surface area contributed by atoms with Gasteiger partial charge < -0.3 is 14.8 Å². The van der Waals surface area contributed by atoms with Gasteiger partial charge in [0.05, 0.1) is 17.8 Å². The molecular weight excluding hydrogens is 472 g/mol. The van der Waals surface area contributed by atoms with Crippen LogP contribution in [0, 0.1) is 34.6 Å². The zero-order valence-corrected chi connectivity index (χ0v) is 22.2. The Morgan fingerprint density at radius 3 is 2.37 bits per heavy atom. The van der Waals surface area contributed by atoms with Crippen LogP contribution in [-0.2, 0) is 0 Å². The van der Waals surface area contributed by atoms with Crippen molar-refractivity contribution in [2.45, 2.75) is 46.7 Å². The van der Waals surface area contributed by atoms with Crippen LogP contribution in [0.1, 0.15) is 51.4 Å². The molecule has 35 heavy (non-hydrogen) atoms. The molecule has 2 aromatic carbocycles. The second-order valence-corrected chi connectivity index (χ2v) is 10.2. The largest absolute Gasteiger partial charge is 0.351 e. The Morgan fingerprint density at radius 2 is 1.66 bits per heavy atom. The molecule has 2 aromatic heterocycles. The van der Waals surface area contributed by atoms with Crippen molar-refractivity contribution in [2.75, 3.05) is 4.90 Å². The summed E-state index contributed by atoms with van der Waals surface area (Å²) >= 11 is 12.3. The first-order valence-corrected chi connectivity index (χ1v) is 12.6. The molecular formula is C29H29ClN4S. The van der Waals surface area contributed by atoms with Gasteiger partial charge in [0.1, 0.15) is 0 Å². The summed E-state index contributed by atoms with van der Waals surface area (Å²) in [6.45, 7) is 10.7. The lowest BCUT2D eigenvalue weighted by Crippen LogP contribution is -2.29. The number of aromatic nitrogens is 2. The molecule has 1 N–H and O–H groups in total. The number of rotatable bonds is 4. The maximum absolute atomic E-state index is 6.40. The number of pyridine rings is 1. The lowest BCUT2D eigenvalue weighted by atomic mass is 9.96. The van der Waals surface area contributed by atoms with Crippen LogP contribution in [0.4, 0.5) is 5.69 Å². The summed E-state index contributed by atoms with van der Waals surface area (Å²) in [5.74, 6) is 0. The molecule has 1 aliphatic heterocycles. The summed E-state index contributed by atoms with van der Waals surface area (Å²) in [5.41, 5.74) is 10.4. The molecule has 1 saturated heterocycles. The summed E-state index contributed by atoms with van der Waals surface area (Å²) in [4.78, 5) is 6.95. The number of nitrogens with zero attached hydrogens (tertiary/aromatic N) is 3. The topological polar surface area (TPSA) is 33.1 Å². The Balaban J connectivity index is 1.71. The number of nitrogens with one attached hydrogen (secondary N) is 1. The van der Waals surface area contributed by atoms with Gasteiger partial charge in [-0.3, -0.25) is 4.98 Å². The van der Waals surface area contributed by atoms with E-state index in [1.54, 1.807) is 0 Å². The summed E-state index contributed by atoms with van der Waals surface area (Å²) in [7, 11) is 0. The number of benzene rings is 2. The summed E-state index contributed by atoms with van der Waals surface area (Å²) in [6.07, 6.45) is 1.84.